The second-order valence-electron chi connectivity index (χ2n) is 5.65. The first kappa shape index (κ1) is 15.6. The van der Waals surface area contributed by atoms with Gasteiger partial charge >= 0.3 is 0 Å². The molecule has 25 heavy (non-hydrogen) atoms. The molecule has 7 heteroatoms. The van der Waals surface area contributed by atoms with E-state index < -0.39 is 0 Å². The highest BCUT2D eigenvalue weighted by Gasteiger charge is 2.13. The standard InChI is InChI=1S/C18H15N3O3S/c1-11-5-3-6-14(12(11)2)24-10-13-9-16(22)21-18(19-13)25-17(20-21)15-7-4-8-23-15/h3-9H,10H2,1-2H3. The number of nitrogens with zero attached hydrogens (tertiary/aromatic N) is 3. The van der Waals surface area contributed by atoms with Crippen molar-refractivity contribution in [3.8, 4) is 16.5 Å². The van der Waals surface area contributed by atoms with Crippen LogP contribution in [-0.4, -0.2) is 14.6 Å². The van der Waals surface area contributed by atoms with Crippen molar-refractivity contribution >= 4 is 16.3 Å². The quantitative estimate of drug-likeness (QED) is 0.560. The van der Waals surface area contributed by atoms with Crippen molar-refractivity contribution in [2.75, 3.05) is 0 Å². The van der Waals surface area contributed by atoms with Crippen molar-refractivity contribution in [1.29, 1.82) is 0 Å². The molecule has 0 fully saturated rings. The molecule has 3 aromatic heterocycles. The third kappa shape index (κ3) is 2.94. The predicted molar refractivity (Wildman–Crippen MR) is 95.1 cm³/mol. The van der Waals surface area contributed by atoms with Crippen molar-refractivity contribution < 1.29 is 9.15 Å². The number of aryl methyl sites for hydroxylation is 1. The van der Waals surface area contributed by atoms with Crippen molar-refractivity contribution in [2.45, 2.75) is 20.5 Å². The second kappa shape index (κ2) is 6.18. The van der Waals surface area contributed by atoms with E-state index in [1.54, 1.807) is 18.4 Å². The Morgan fingerprint density at radius 1 is 1.24 bits per heavy atom. The minimum atomic E-state index is -0.237. The first-order valence-corrected chi connectivity index (χ1v) is 8.56. The number of hydrogen-bond acceptors (Lipinski definition) is 6. The van der Waals surface area contributed by atoms with Crippen molar-refractivity contribution in [3.05, 3.63) is 69.8 Å². The third-order valence-corrected chi connectivity index (χ3v) is 4.88. The summed E-state index contributed by atoms with van der Waals surface area (Å²) in [4.78, 5) is 17.3. The fraction of sp³-hybridized carbons (Fsp3) is 0.167. The average molecular weight is 353 g/mol. The van der Waals surface area contributed by atoms with Gasteiger partial charge in [-0.2, -0.15) is 4.52 Å². The maximum absolute atomic E-state index is 12.3. The first-order valence-electron chi connectivity index (χ1n) is 7.74. The van der Waals surface area contributed by atoms with Crippen LogP contribution >= 0.6 is 11.3 Å². The Labute approximate surface area is 147 Å². The molecule has 6 nitrogen and oxygen atoms in total. The zero-order chi connectivity index (χ0) is 17.4. The summed E-state index contributed by atoms with van der Waals surface area (Å²) in [6, 6.07) is 10.9. The topological polar surface area (TPSA) is 69.6 Å². The van der Waals surface area contributed by atoms with E-state index in [2.05, 4.69) is 10.1 Å². The lowest BCUT2D eigenvalue weighted by Gasteiger charge is -2.10. The molecule has 0 saturated carbocycles. The van der Waals surface area contributed by atoms with Crippen LogP contribution in [0.25, 0.3) is 15.7 Å². The number of aromatic nitrogens is 3. The van der Waals surface area contributed by atoms with Gasteiger partial charge in [0, 0.05) is 6.07 Å². The summed E-state index contributed by atoms with van der Waals surface area (Å²) in [5.74, 6) is 1.41. The van der Waals surface area contributed by atoms with Crippen LogP contribution in [0.15, 0.2) is 51.9 Å². The number of hydrogen-bond donors (Lipinski definition) is 0. The van der Waals surface area contributed by atoms with Crippen molar-refractivity contribution in [2.24, 2.45) is 0 Å². The van der Waals surface area contributed by atoms with Crippen LogP contribution in [0.4, 0.5) is 0 Å². The van der Waals surface area contributed by atoms with Crippen LogP contribution in [0, 0.1) is 13.8 Å². The Balaban J connectivity index is 1.64. The van der Waals surface area contributed by atoms with Gasteiger partial charge in [-0.1, -0.05) is 23.5 Å². The van der Waals surface area contributed by atoms with E-state index in [0.717, 1.165) is 16.9 Å². The Morgan fingerprint density at radius 2 is 2.12 bits per heavy atom. The van der Waals surface area contributed by atoms with Gasteiger partial charge in [0.1, 0.15) is 12.4 Å². The lowest BCUT2D eigenvalue weighted by Crippen LogP contribution is -2.16. The molecule has 0 saturated heterocycles. The fourth-order valence-corrected chi connectivity index (χ4v) is 3.35. The van der Waals surface area contributed by atoms with Crippen molar-refractivity contribution in [3.63, 3.8) is 0 Å². The fourth-order valence-electron chi connectivity index (χ4n) is 2.46. The molecule has 0 spiro atoms. The van der Waals surface area contributed by atoms with Gasteiger partial charge < -0.3 is 9.15 Å². The monoisotopic (exact) mass is 353 g/mol. The van der Waals surface area contributed by atoms with Gasteiger partial charge in [-0.25, -0.2) is 4.98 Å². The zero-order valence-electron chi connectivity index (χ0n) is 13.7. The Morgan fingerprint density at radius 3 is 2.92 bits per heavy atom. The maximum Gasteiger partial charge on any atom is 0.275 e. The Kier molecular flexibility index (Phi) is 3.85. The van der Waals surface area contributed by atoms with E-state index >= 15 is 0 Å². The molecule has 0 aliphatic carbocycles. The molecule has 3 heterocycles. The van der Waals surface area contributed by atoms with E-state index in [9.17, 15) is 4.79 Å². The number of fused-ring (bicyclic) bond motifs is 1. The largest absolute Gasteiger partial charge is 0.487 e. The van der Waals surface area contributed by atoms with Crippen LogP contribution in [0.2, 0.25) is 0 Å². The van der Waals surface area contributed by atoms with Gasteiger partial charge in [-0.3, -0.25) is 4.79 Å². The van der Waals surface area contributed by atoms with Crippen molar-refractivity contribution in [1.82, 2.24) is 14.6 Å². The minimum absolute atomic E-state index is 0.226. The summed E-state index contributed by atoms with van der Waals surface area (Å²) in [5.41, 5.74) is 2.57. The van der Waals surface area contributed by atoms with Gasteiger partial charge in [0.05, 0.1) is 12.0 Å². The van der Waals surface area contributed by atoms with Crippen LogP contribution < -0.4 is 10.3 Å². The molecular formula is C18H15N3O3S. The van der Waals surface area contributed by atoms with E-state index in [1.165, 1.54) is 21.9 Å². The molecule has 0 N–H and O–H groups in total. The average Bonchev–Trinajstić information content (AvgIpc) is 3.25. The molecule has 0 radical (unpaired) electrons. The van der Waals surface area contributed by atoms with Crippen LogP contribution in [0.3, 0.4) is 0 Å². The molecule has 0 amide bonds. The van der Waals surface area contributed by atoms with Gasteiger partial charge in [0.2, 0.25) is 4.96 Å². The maximum atomic E-state index is 12.3. The smallest absolute Gasteiger partial charge is 0.275 e. The minimum Gasteiger partial charge on any atom is -0.487 e. The summed E-state index contributed by atoms with van der Waals surface area (Å²) in [7, 11) is 0. The van der Waals surface area contributed by atoms with Gasteiger partial charge in [0.25, 0.3) is 5.56 Å². The summed E-state index contributed by atoms with van der Waals surface area (Å²) in [6.45, 7) is 4.27. The van der Waals surface area contributed by atoms with E-state index in [1.807, 2.05) is 32.0 Å². The molecule has 126 valence electrons. The molecule has 0 unspecified atom stereocenters. The number of rotatable bonds is 4. The van der Waals surface area contributed by atoms with Gasteiger partial charge in [-0.15, -0.1) is 5.10 Å². The SMILES string of the molecule is Cc1cccc(OCc2cc(=O)n3nc(-c4ccco4)sc3n2)c1C. The highest BCUT2D eigenvalue weighted by atomic mass is 32.1. The Bertz CT molecular complexity index is 1100. The van der Waals surface area contributed by atoms with Gasteiger partial charge in [-0.05, 0) is 43.2 Å². The van der Waals surface area contributed by atoms with Crippen LogP contribution in [-0.2, 0) is 6.61 Å². The second-order valence-corrected chi connectivity index (χ2v) is 6.61. The molecular weight excluding hydrogens is 338 g/mol. The Hall–Kier alpha value is -2.93. The molecule has 4 aromatic rings. The molecule has 4 rings (SSSR count). The van der Waals surface area contributed by atoms with Crippen LogP contribution in [0.5, 0.6) is 5.75 Å². The van der Waals surface area contributed by atoms with E-state index in [0.29, 0.717) is 21.4 Å². The van der Waals surface area contributed by atoms with Crippen LogP contribution in [0.1, 0.15) is 16.8 Å². The van der Waals surface area contributed by atoms with E-state index in [-0.39, 0.29) is 12.2 Å². The molecule has 1 aromatic carbocycles. The third-order valence-electron chi connectivity index (χ3n) is 3.96. The number of benzene rings is 1. The highest BCUT2D eigenvalue weighted by molar-refractivity contribution is 7.19. The molecule has 0 aliphatic heterocycles. The summed E-state index contributed by atoms with van der Waals surface area (Å²) in [5, 5.41) is 4.88. The molecule has 0 bridgehead atoms. The predicted octanol–water partition coefficient (Wildman–Crippen LogP) is 3.61. The summed E-state index contributed by atoms with van der Waals surface area (Å²) in [6.07, 6.45) is 1.57. The van der Waals surface area contributed by atoms with E-state index in [4.69, 9.17) is 9.15 Å². The molecule has 0 atom stereocenters. The first-order chi connectivity index (χ1) is 12.1. The summed E-state index contributed by atoms with van der Waals surface area (Å²) >= 11 is 1.30. The summed E-state index contributed by atoms with van der Waals surface area (Å²) < 4.78 is 12.5. The normalized spacial score (nSPS) is 11.1. The highest BCUT2D eigenvalue weighted by Crippen LogP contribution is 2.25. The lowest BCUT2D eigenvalue weighted by molar-refractivity contribution is 0.299. The zero-order valence-corrected chi connectivity index (χ0v) is 14.5. The number of ether oxygens (including phenoxy) is 1. The lowest BCUT2D eigenvalue weighted by atomic mass is 10.1. The van der Waals surface area contributed by atoms with Gasteiger partial charge in [0.15, 0.2) is 10.8 Å². The molecule has 0 aliphatic rings. The number of furan rings is 1.